The average molecular weight is 287 g/mol. The van der Waals surface area contributed by atoms with E-state index in [0.29, 0.717) is 17.0 Å². The molecule has 4 nitrogen and oxygen atoms in total. The maximum Gasteiger partial charge on any atom is 0.163 e. The minimum Gasteiger partial charge on any atom is -0.396 e. The Morgan fingerprint density at radius 2 is 1.89 bits per heavy atom. The van der Waals surface area contributed by atoms with Crippen molar-refractivity contribution in [3.63, 3.8) is 0 Å². The third-order valence-electron chi connectivity index (χ3n) is 3.27. The van der Waals surface area contributed by atoms with E-state index >= 15 is 0 Å². The third kappa shape index (κ3) is 3.27. The lowest BCUT2D eigenvalue weighted by Gasteiger charge is -2.41. The molecule has 19 heavy (non-hydrogen) atoms. The predicted molar refractivity (Wildman–Crippen MR) is 72.1 cm³/mol. The third-order valence-corrected chi connectivity index (χ3v) is 3.50. The van der Waals surface area contributed by atoms with Crippen molar-refractivity contribution in [2.75, 3.05) is 19.8 Å². The van der Waals surface area contributed by atoms with Crippen LogP contribution in [0.1, 0.15) is 25.0 Å². The lowest BCUT2D eigenvalue weighted by Crippen LogP contribution is -2.49. The Labute approximate surface area is 117 Å². The van der Waals surface area contributed by atoms with Gasteiger partial charge in [-0.2, -0.15) is 0 Å². The number of ether oxygens (including phenoxy) is 2. The Bertz CT molecular complexity index is 449. The summed E-state index contributed by atoms with van der Waals surface area (Å²) in [5.74, 6) is -0.685. The fourth-order valence-electron chi connectivity index (χ4n) is 2.17. The second kappa shape index (κ2) is 5.38. The number of benzene rings is 1. The molecule has 0 spiro atoms. The zero-order chi connectivity index (χ0) is 14.1. The molecule has 0 aliphatic carbocycles. The van der Waals surface area contributed by atoms with E-state index in [1.807, 2.05) is 13.8 Å². The van der Waals surface area contributed by atoms with Crippen molar-refractivity contribution in [3.05, 3.63) is 34.3 Å². The molecule has 0 aromatic heterocycles. The average Bonchev–Trinajstić information content (AvgIpc) is 2.34. The molecule has 0 saturated carbocycles. The minimum absolute atomic E-state index is 0.00334. The van der Waals surface area contributed by atoms with E-state index in [4.69, 9.17) is 26.2 Å². The van der Waals surface area contributed by atoms with E-state index in [0.717, 1.165) is 5.56 Å². The van der Waals surface area contributed by atoms with Crippen LogP contribution in [0.4, 0.5) is 0 Å². The van der Waals surface area contributed by atoms with Crippen LogP contribution in [0.2, 0.25) is 5.02 Å². The maximum absolute atomic E-state index is 10.7. The number of hydrogen-bond acceptors (Lipinski definition) is 4. The summed E-state index contributed by atoms with van der Waals surface area (Å²) >= 11 is 5.96. The van der Waals surface area contributed by atoms with E-state index < -0.39 is 11.4 Å². The van der Waals surface area contributed by atoms with Crippen molar-refractivity contribution in [3.8, 4) is 0 Å². The first-order valence-electron chi connectivity index (χ1n) is 6.26. The summed E-state index contributed by atoms with van der Waals surface area (Å²) in [5, 5.41) is 20.4. The van der Waals surface area contributed by atoms with Crippen LogP contribution in [0.3, 0.4) is 0 Å². The van der Waals surface area contributed by atoms with E-state index in [-0.39, 0.29) is 19.8 Å². The molecular formula is C14H19ClO4. The topological polar surface area (TPSA) is 58.9 Å². The Kier molecular flexibility index (Phi) is 4.18. The molecule has 1 aliphatic heterocycles. The molecule has 1 aromatic carbocycles. The van der Waals surface area contributed by atoms with E-state index in [1.54, 1.807) is 18.2 Å². The van der Waals surface area contributed by atoms with Crippen LogP contribution in [0, 0.1) is 0 Å². The summed E-state index contributed by atoms with van der Waals surface area (Å²) in [5.41, 5.74) is 0.302. The van der Waals surface area contributed by atoms with Crippen LogP contribution < -0.4 is 0 Å². The maximum atomic E-state index is 10.7. The summed E-state index contributed by atoms with van der Waals surface area (Å²) in [4.78, 5) is 0. The Hall–Kier alpha value is -0.650. The van der Waals surface area contributed by atoms with Gasteiger partial charge in [-0.3, -0.25) is 0 Å². The molecule has 1 heterocycles. The standard InChI is InChI=1S/C14H19ClO4/c1-13(2)18-8-14(17,9-19-13)12-4-3-11(15)7-10(12)5-6-16/h3-4,7,16-17H,5-6,8-9H2,1-2H3. The van der Waals surface area contributed by atoms with Gasteiger partial charge in [0.15, 0.2) is 5.79 Å². The van der Waals surface area contributed by atoms with Crippen molar-refractivity contribution in [2.24, 2.45) is 0 Å². The van der Waals surface area contributed by atoms with E-state index in [9.17, 15) is 5.11 Å². The molecule has 5 heteroatoms. The summed E-state index contributed by atoms with van der Waals surface area (Å²) in [6.07, 6.45) is 0.432. The lowest BCUT2D eigenvalue weighted by atomic mass is 9.89. The molecule has 2 N–H and O–H groups in total. The first kappa shape index (κ1) is 14.8. The summed E-state index contributed by atoms with van der Waals surface area (Å²) in [6.45, 7) is 3.92. The lowest BCUT2D eigenvalue weighted by molar-refractivity contribution is -0.305. The fourth-order valence-corrected chi connectivity index (χ4v) is 2.36. The molecule has 0 atom stereocenters. The second-order valence-electron chi connectivity index (χ2n) is 5.28. The first-order valence-corrected chi connectivity index (χ1v) is 6.64. The van der Waals surface area contributed by atoms with Crippen molar-refractivity contribution in [2.45, 2.75) is 31.7 Å². The monoisotopic (exact) mass is 286 g/mol. The molecule has 1 saturated heterocycles. The molecule has 0 bridgehead atoms. The highest BCUT2D eigenvalue weighted by molar-refractivity contribution is 6.30. The van der Waals surface area contributed by atoms with Gasteiger partial charge >= 0.3 is 0 Å². The zero-order valence-corrected chi connectivity index (χ0v) is 11.9. The summed E-state index contributed by atoms with van der Waals surface area (Å²) < 4.78 is 11.1. The van der Waals surface area contributed by atoms with Crippen LogP contribution in [-0.2, 0) is 21.5 Å². The van der Waals surface area contributed by atoms with Gasteiger partial charge in [-0.15, -0.1) is 0 Å². The molecular weight excluding hydrogens is 268 g/mol. The van der Waals surface area contributed by atoms with Crippen LogP contribution in [-0.4, -0.2) is 35.8 Å². The molecule has 106 valence electrons. The van der Waals surface area contributed by atoms with Crippen LogP contribution >= 0.6 is 11.6 Å². The molecule has 1 aromatic rings. The predicted octanol–water partition coefficient (Wildman–Crippen LogP) is 1.85. The Balaban J connectivity index is 2.30. The summed E-state index contributed by atoms with van der Waals surface area (Å²) in [6, 6.07) is 5.23. The molecule has 1 aliphatic rings. The zero-order valence-electron chi connectivity index (χ0n) is 11.1. The molecule has 0 unspecified atom stereocenters. The van der Waals surface area contributed by atoms with Gasteiger partial charge in [0.2, 0.25) is 0 Å². The van der Waals surface area contributed by atoms with Crippen LogP contribution in [0.5, 0.6) is 0 Å². The highest BCUT2D eigenvalue weighted by atomic mass is 35.5. The highest BCUT2D eigenvalue weighted by Gasteiger charge is 2.40. The van der Waals surface area contributed by atoms with Gasteiger partial charge in [0.1, 0.15) is 5.60 Å². The van der Waals surface area contributed by atoms with Gasteiger partial charge in [0, 0.05) is 11.6 Å². The Morgan fingerprint density at radius 1 is 1.26 bits per heavy atom. The smallest absolute Gasteiger partial charge is 0.163 e. The molecule has 2 rings (SSSR count). The number of rotatable bonds is 3. The first-order chi connectivity index (χ1) is 8.86. The van der Waals surface area contributed by atoms with E-state index in [1.165, 1.54) is 0 Å². The van der Waals surface area contributed by atoms with Crippen molar-refractivity contribution >= 4 is 11.6 Å². The highest BCUT2D eigenvalue weighted by Crippen LogP contribution is 2.34. The van der Waals surface area contributed by atoms with Crippen molar-refractivity contribution in [1.82, 2.24) is 0 Å². The Morgan fingerprint density at radius 3 is 2.47 bits per heavy atom. The molecule has 1 fully saturated rings. The number of hydrogen-bond donors (Lipinski definition) is 2. The van der Waals surface area contributed by atoms with Gasteiger partial charge < -0.3 is 19.7 Å². The number of aliphatic hydroxyl groups is 2. The summed E-state index contributed by atoms with van der Waals surface area (Å²) in [7, 11) is 0. The van der Waals surface area contributed by atoms with Gasteiger partial charge in [0.25, 0.3) is 0 Å². The quantitative estimate of drug-likeness (QED) is 0.890. The van der Waals surface area contributed by atoms with E-state index in [2.05, 4.69) is 0 Å². The van der Waals surface area contributed by atoms with Crippen molar-refractivity contribution in [1.29, 1.82) is 0 Å². The van der Waals surface area contributed by atoms with Gasteiger partial charge in [-0.1, -0.05) is 17.7 Å². The van der Waals surface area contributed by atoms with Crippen molar-refractivity contribution < 1.29 is 19.7 Å². The molecule has 0 radical (unpaired) electrons. The number of halogens is 1. The van der Waals surface area contributed by atoms with Gasteiger partial charge in [-0.25, -0.2) is 0 Å². The normalized spacial score (nSPS) is 21.3. The van der Waals surface area contributed by atoms with Gasteiger partial charge in [0.05, 0.1) is 13.2 Å². The second-order valence-corrected chi connectivity index (χ2v) is 5.72. The van der Waals surface area contributed by atoms with Crippen LogP contribution in [0.15, 0.2) is 18.2 Å². The largest absolute Gasteiger partial charge is 0.396 e. The van der Waals surface area contributed by atoms with Gasteiger partial charge in [-0.05, 0) is 43.5 Å². The SMILES string of the molecule is CC1(C)OCC(O)(c2ccc(Cl)cc2CCO)CO1. The fraction of sp³-hybridized carbons (Fsp3) is 0.571. The minimum atomic E-state index is -1.20. The molecule has 0 amide bonds. The number of aliphatic hydroxyl groups excluding tert-OH is 1. The van der Waals surface area contributed by atoms with Crippen LogP contribution in [0.25, 0.3) is 0 Å².